The van der Waals surface area contributed by atoms with Gasteiger partial charge >= 0.3 is 6.03 Å². The van der Waals surface area contributed by atoms with Crippen LogP contribution in [0.5, 0.6) is 11.5 Å². The second kappa shape index (κ2) is 14.4. The zero-order valence-corrected chi connectivity index (χ0v) is 25.3. The highest BCUT2D eigenvalue weighted by atomic mass is 32.2. The summed E-state index contributed by atoms with van der Waals surface area (Å²) in [6, 6.07) is 31.4. The Labute approximate surface area is 264 Å². The predicted octanol–water partition coefficient (Wildman–Crippen LogP) is 6.48. The van der Waals surface area contributed by atoms with E-state index < -0.39 is 6.29 Å². The Hall–Kier alpha value is -4.75. The quantitative estimate of drug-likeness (QED) is 0.149. The van der Waals surface area contributed by atoms with Crippen molar-refractivity contribution in [1.82, 2.24) is 20.2 Å². The van der Waals surface area contributed by atoms with Crippen molar-refractivity contribution in [3.63, 3.8) is 0 Å². The zero-order chi connectivity index (χ0) is 31.0. The van der Waals surface area contributed by atoms with E-state index in [1.165, 1.54) is 11.8 Å². The largest absolute Gasteiger partial charge is 0.457 e. The van der Waals surface area contributed by atoms with Crippen LogP contribution in [-0.2, 0) is 23.1 Å². The van der Waals surface area contributed by atoms with Crippen LogP contribution in [0.15, 0.2) is 108 Å². The van der Waals surface area contributed by atoms with Crippen LogP contribution in [0.3, 0.4) is 0 Å². The molecule has 1 fully saturated rings. The molecule has 45 heavy (non-hydrogen) atoms. The molecule has 4 aromatic carbocycles. The highest BCUT2D eigenvalue weighted by molar-refractivity contribution is 7.99. The lowest BCUT2D eigenvalue weighted by atomic mass is 10.0. The number of ether oxygens (including phenoxy) is 3. The minimum absolute atomic E-state index is 0.0169. The van der Waals surface area contributed by atoms with Crippen LogP contribution in [0.2, 0.25) is 0 Å². The summed E-state index contributed by atoms with van der Waals surface area (Å²) in [5.41, 5.74) is 3.92. The molecule has 0 bridgehead atoms. The number of para-hydroxylation sites is 1. The van der Waals surface area contributed by atoms with Gasteiger partial charge in [-0.3, -0.25) is 0 Å². The van der Waals surface area contributed by atoms with Gasteiger partial charge in [-0.15, -0.1) is 5.10 Å². The molecule has 1 aromatic heterocycles. The van der Waals surface area contributed by atoms with Gasteiger partial charge in [0.05, 0.1) is 18.8 Å². The molecule has 2 heterocycles. The van der Waals surface area contributed by atoms with E-state index >= 15 is 0 Å². The molecule has 3 unspecified atom stereocenters. The van der Waals surface area contributed by atoms with Crippen molar-refractivity contribution in [2.24, 2.45) is 7.05 Å². The third-order valence-corrected chi connectivity index (χ3v) is 8.27. The molecule has 1 saturated heterocycles. The van der Waals surface area contributed by atoms with Gasteiger partial charge in [0.25, 0.3) is 0 Å². The maximum absolute atomic E-state index is 12.7. The number of tetrazole rings is 1. The number of amides is 2. The predicted molar refractivity (Wildman–Crippen MR) is 170 cm³/mol. The average Bonchev–Trinajstić information content (AvgIpc) is 3.49. The van der Waals surface area contributed by atoms with Crippen molar-refractivity contribution in [1.29, 1.82) is 0 Å². The van der Waals surface area contributed by atoms with Crippen molar-refractivity contribution in [2.45, 2.75) is 36.7 Å². The highest BCUT2D eigenvalue weighted by Crippen LogP contribution is 2.39. The monoisotopic (exact) mass is 624 g/mol. The number of carbonyl (C=O) groups is 1. The van der Waals surface area contributed by atoms with E-state index in [9.17, 15) is 9.90 Å². The van der Waals surface area contributed by atoms with Crippen LogP contribution < -0.4 is 15.4 Å². The molecule has 0 saturated carbocycles. The van der Waals surface area contributed by atoms with Gasteiger partial charge in [-0.05, 0) is 70.1 Å². The highest BCUT2D eigenvalue weighted by Gasteiger charge is 2.32. The maximum Gasteiger partial charge on any atom is 0.323 e. The van der Waals surface area contributed by atoms with E-state index in [-0.39, 0.29) is 24.8 Å². The molecule has 0 radical (unpaired) electrons. The fourth-order valence-corrected chi connectivity index (χ4v) is 5.65. The first-order valence-corrected chi connectivity index (χ1v) is 15.4. The van der Waals surface area contributed by atoms with Gasteiger partial charge in [0.1, 0.15) is 11.5 Å². The molecule has 11 nitrogen and oxygen atoms in total. The van der Waals surface area contributed by atoms with Crippen molar-refractivity contribution < 1.29 is 24.1 Å². The van der Waals surface area contributed by atoms with Crippen molar-refractivity contribution in [3.05, 3.63) is 120 Å². The molecule has 3 atom stereocenters. The Morgan fingerprint density at radius 2 is 1.53 bits per heavy atom. The second-order valence-electron chi connectivity index (χ2n) is 10.4. The van der Waals surface area contributed by atoms with Crippen molar-refractivity contribution in [2.75, 3.05) is 16.4 Å². The third kappa shape index (κ3) is 8.05. The molecule has 230 valence electrons. The van der Waals surface area contributed by atoms with Crippen LogP contribution in [0.1, 0.15) is 35.5 Å². The number of aliphatic hydroxyl groups is 1. The number of benzene rings is 4. The lowest BCUT2D eigenvalue weighted by molar-refractivity contribution is -0.245. The van der Waals surface area contributed by atoms with Crippen LogP contribution in [0.4, 0.5) is 16.2 Å². The number of nitrogens with zero attached hydrogens (tertiary/aromatic N) is 4. The molecule has 0 spiro atoms. The van der Waals surface area contributed by atoms with Gasteiger partial charge in [-0.2, -0.15) is 0 Å². The fraction of sp³-hybridized carbons (Fsp3) is 0.212. The van der Waals surface area contributed by atoms with Crippen LogP contribution >= 0.6 is 11.8 Å². The van der Waals surface area contributed by atoms with Crippen molar-refractivity contribution in [3.8, 4) is 11.5 Å². The van der Waals surface area contributed by atoms with E-state index in [1.807, 2.05) is 78.9 Å². The number of urea groups is 1. The minimum Gasteiger partial charge on any atom is -0.457 e. The van der Waals surface area contributed by atoms with Crippen LogP contribution in [-0.4, -0.2) is 43.2 Å². The Morgan fingerprint density at radius 3 is 2.18 bits per heavy atom. The number of carbonyl (C=O) groups excluding carboxylic acids is 1. The fourth-order valence-electron chi connectivity index (χ4n) is 4.78. The summed E-state index contributed by atoms with van der Waals surface area (Å²) in [5, 5.41) is 27.5. The molecule has 12 heteroatoms. The SMILES string of the molecule is Cn1nnnc1SCC1CC(c2ccc(CO)cc2)OC(c2ccc(NC(=O)Nc3ccc(Oc4ccccc4)cc3)cc2)O1. The van der Waals surface area contributed by atoms with E-state index in [2.05, 4.69) is 26.2 Å². The zero-order valence-electron chi connectivity index (χ0n) is 24.4. The summed E-state index contributed by atoms with van der Waals surface area (Å²) < 4.78 is 20.2. The van der Waals surface area contributed by atoms with E-state index in [1.54, 1.807) is 36.0 Å². The number of aromatic nitrogens is 4. The molecule has 6 rings (SSSR count). The number of aryl methyl sites for hydroxylation is 1. The van der Waals surface area contributed by atoms with Gasteiger partial charge in [-0.25, -0.2) is 9.48 Å². The Kier molecular flexibility index (Phi) is 9.66. The molecule has 5 aromatic rings. The lowest BCUT2D eigenvalue weighted by Gasteiger charge is -2.36. The van der Waals surface area contributed by atoms with Gasteiger partial charge in [0.2, 0.25) is 5.16 Å². The molecular formula is C33H32N6O5S. The number of rotatable bonds is 10. The topological polar surface area (TPSA) is 133 Å². The summed E-state index contributed by atoms with van der Waals surface area (Å²) in [6.45, 7) is -0.0169. The summed E-state index contributed by atoms with van der Waals surface area (Å²) in [6.07, 6.45) is -0.329. The number of anilines is 2. The number of hydrogen-bond donors (Lipinski definition) is 3. The Balaban J connectivity index is 1.08. The Bertz CT molecular complexity index is 1680. The van der Waals surface area contributed by atoms with Gasteiger partial charge < -0.3 is 30.0 Å². The maximum atomic E-state index is 12.7. The van der Waals surface area contributed by atoms with Crippen molar-refractivity contribution >= 4 is 29.2 Å². The first-order valence-electron chi connectivity index (χ1n) is 14.4. The summed E-state index contributed by atoms with van der Waals surface area (Å²) >= 11 is 1.52. The summed E-state index contributed by atoms with van der Waals surface area (Å²) in [4.78, 5) is 12.7. The minimum atomic E-state index is -0.621. The van der Waals surface area contributed by atoms with E-state index in [0.29, 0.717) is 34.5 Å². The number of hydrogen-bond acceptors (Lipinski definition) is 9. The average molecular weight is 625 g/mol. The van der Waals surface area contributed by atoms with Crippen LogP contribution in [0, 0.1) is 0 Å². The van der Waals surface area contributed by atoms with Gasteiger partial charge in [-0.1, -0.05) is 66.4 Å². The molecule has 0 aliphatic carbocycles. The van der Waals surface area contributed by atoms with E-state index in [0.717, 1.165) is 22.4 Å². The Morgan fingerprint density at radius 1 is 0.889 bits per heavy atom. The lowest BCUT2D eigenvalue weighted by Crippen LogP contribution is -2.31. The first kappa shape index (κ1) is 30.3. The number of thioether (sulfide) groups is 1. The molecule has 2 amide bonds. The summed E-state index contributed by atoms with van der Waals surface area (Å²) in [7, 11) is 1.80. The normalized spacial score (nSPS) is 17.9. The molecular weight excluding hydrogens is 592 g/mol. The second-order valence-corrected chi connectivity index (χ2v) is 11.4. The first-order chi connectivity index (χ1) is 22.0. The summed E-state index contributed by atoms with van der Waals surface area (Å²) in [5.74, 6) is 2.05. The molecule has 1 aliphatic heterocycles. The number of aliphatic hydroxyl groups excluding tert-OH is 1. The molecule has 3 N–H and O–H groups in total. The van der Waals surface area contributed by atoms with Crippen LogP contribution in [0.25, 0.3) is 0 Å². The van der Waals surface area contributed by atoms with Gasteiger partial charge in [0.15, 0.2) is 6.29 Å². The van der Waals surface area contributed by atoms with E-state index in [4.69, 9.17) is 14.2 Å². The smallest absolute Gasteiger partial charge is 0.323 e. The molecule has 1 aliphatic rings. The number of nitrogens with one attached hydrogen (secondary N) is 2. The third-order valence-electron chi connectivity index (χ3n) is 7.13. The standard InChI is InChI=1S/C33H32N6O5S/c1-39-33(36-37-38-39)45-21-29-19-30(23-9-7-22(20-40)8-10-23)44-31(43-29)24-11-13-25(14-12-24)34-32(41)35-26-15-17-28(18-16-26)42-27-5-3-2-4-6-27/h2-18,29-31,40H,19-21H2,1H3,(H2,34,35,41). The van der Waals surface area contributed by atoms with Gasteiger partial charge in [0, 0.05) is 36.2 Å².